The van der Waals surface area contributed by atoms with Crippen LogP contribution in [0.2, 0.25) is 0 Å². The highest BCUT2D eigenvalue weighted by Gasteiger charge is 2.25. The van der Waals surface area contributed by atoms with Crippen molar-refractivity contribution in [2.45, 2.75) is 56.7 Å². The lowest BCUT2D eigenvalue weighted by molar-refractivity contribution is -0.113. The molecular weight excluding hydrogens is 402 g/mol. The Morgan fingerprint density at radius 1 is 1.23 bits per heavy atom. The summed E-state index contributed by atoms with van der Waals surface area (Å²) in [4.78, 5) is 40.7. The van der Waals surface area contributed by atoms with Crippen LogP contribution in [0.15, 0.2) is 34.1 Å². The second-order valence-corrected chi connectivity index (χ2v) is 8.66. The Balaban J connectivity index is 1.42. The zero-order valence-corrected chi connectivity index (χ0v) is 17.8. The number of ketones is 1. The third-order valence-corrected chi connectivity index (χ3v) is 6.54. The molecule has 1 N–H and O–H groups in total. The molecule has 8 heteroatoms. The number of amides is 1. The number of fused-ring (bicyclic) bond motifs is 1. The van der Waals surface area contributed by atoms with Crippen molar-refractivity contribution in [1.29, 1.82) is 0 Å². The molecule has 1 fully saturated rings. The molecule has 1 aromatic carbocycles. The molecule has 30 heavy (non-hydrogen) atoms. The molecule has 2 aromatic rings. The first kappa shape index (κ1) is 20.8. The quantitative estimate of drug-likeness (QED) is 0.415. The molecule has 7 nitrogen and oxygen atoms in total. The first-order chi connectivity index (χ1) is 14.5. The highest BCUT2D eigenvalue weighted by atomic mass is 32.2. The van der Waals surface area contributed by atoms with E-state index in [2.05, 4.69) is 10.3 Å². The smallest absolute Gasteiger partial charge is 0.348 e. The van der Waals surface area contributed by atoms with Crippen LogP contribution in [0.3, 0.4) is 0 Å². The van der Waals surface area contributed by atoms with Gasteiger partial charge in [-0.25, -0.2) is 4.79 Å². The maximum absolute atomic E-state index is 12.7. The van der Waals surface area contributed by atoms with E-state index in [0.717, 1.165) is 50.0 Å². The number of anilines is 1. The van der Waals surface area contributed by atoms with Crippen molar-refractivity contribution < 1.29 is 14.3 Å². The minimum atomic E-state index is -0.256. The Morgan fingerprint density at radius 3 is 2.73 bits per heavy atom. The number of benzene rings is 1. The summed E-state index contributed by atoms with van der Waals surface area (Å²) in [6.07, 6.45) is 4.84. The number of thioether (sulfide) groups is 1. The van der Waals surface area contributed by atoms with Crippen molar-refractivity contribution in [1.82, 2.24) is 9.55 Å². The highest BCUT2D eigenvalue weighted by Crippen LogP contribution is 2.30. The molecule has 1 saturated heterocycles. The third-order valence-electron chi connectivity index (χ3n) is 5.53. The highest BCUT2D eigenvalue weighted by molar-refractivity contribution is 8.00. The fourth-order valence-electron chi connectivity index (χ4n) is 4.01. The zero-order chi connectivity index (χ0) is 21.1. The van der Waals surface area contributed by atoms with Crippen LogP contribution >= 0.6 is 11.8 Å². The van der Waals surface area contributed by atoms with Gasteiger partial charge in [-0.3, -0.25) is 14.2 Å². The lowest BCUT2D eigenvalue weighted by atomic mass is 10.1. The summed E-state index contributed by atoms with van der Waals surface area (Å²) >= 11 is 1.30. The first-order valence-electron chi connectivity index (χ1n) is 10.3. The standard InChI is InChI=1S/C22H25N3O4S/c1-14(26)15-7-9-16(10-8-15)23-20(27)13-30-21-18-5-2-6-19(18)25(22(28)24-21)12-17-4-3-11-29-17/h7-10,17H,2-6,11-13H2,1H3,(H,23,27). The Morgan fingerprint density at radius 2 is 2.03 bits per heavy atom. The van der Waals surface area contributed by atoms with Crippen molar-refractivity contribution in [3.05, 3.63) is 51.6 Å². The van der Waals surface area contributed by atoms with Crippen LogP contribution in [0, 0.1) is 0 Å². The van der Waals surface area contributed by atoms with Crippen molar-refractivity contribution in [3.63, 3.8) is 0 Å². The van der Waals surface area contributed by atoms with Gasteiger partial charge in [0, 0.05) is 29.1 Å². The third kappa shape index (κ3) is 4.65. The van der Waals surface area contributed by atoms with Gasteiger partial charge in [0.25, 0.3) is 0 Å². The second kappa shape index (κ2) is 9.14. The number of carbonyl (C=O) groups is 2. The molecule has 0 bridgehead atoms. The SMILES string of the molecule is CC(=O)c1ccc(NC(=O)CSc2nc(=O)n(CC3CCCO3)c3c2CCC3)cc1. The number of carbonyl (C=O) groups excluding carboxylic acids is 2. The number of nitrogens with zero attached hydrogens (tertiary/aromatic N) is 2. The Kier molecular flexibility index (Phi) is 6.34. The molecule has 1 atom stereocenters. The largest absolute Gasteiger partial charge is 0.376 e. The molecule has 0 spiro atoms. The molecular formula is C22H25N3O4S. The minimum Gasteiger partial charge on any atom is -0.376 e. The van der Waals surface area contributed by atoms with Crippen LogP contribution in [0.25, 0.3) is 0 Å². The predicted octanol–water partition coefficient (Wildman–Crippen LogP) is 2.84. The fourth-order valence-corrected chi connectivity index (χ4v) is 4.88. The number of nitrogens with one attached hydrogen (secondary N) is 1. The predicted molar refractivity (Wildman–Crippen MR) is 115 cm³/mol. The van der Waals surface area contributed by atoms with Gasteiger partial charge in [-0.05, 0) is 63.3 Å². The summed E-state index contributed by atoms with van der Waals surface area (Å²) < 4.78 is 7.47. The number of rotatable bonds is 7. The van der Waals surface area contributed by atoms with Gasteiger partial charge >= 0.3 is 5.69 Å². The molecule has 2 aliphatic rings. The molecule has 0 saturated carbocycles. The summed E-state index contributed by atoms with van der Waals surface area (Å²) in [5, 5.41) is 3.49. The van der Waals surface area contributed by atoms with Gasteiger partial charge in [0.1, 0.15) is 5.03 Å². The molecule has 1 amide bonds. The van der Waals surface area contributed by atoms with Gasteiger partial charge in [-0.15, -0.1) is 0 Å². The summed E-state index contributed by atoms with van der Waals surface area (Å²) in [5.74, 6) is -0.0199. The van der Waals surface area contributed by atoms with Crippen molar-refractivity contribution in [2.24, 2.45) is 0 Å². The average Bonchev–Trinajstić information content (AvgIpc) is 3.41. The van der Waals surface area contributed by atoms with Crippen LogP contribution in [0.5, 0.6) is 0 Å². The normalized spacial score (nSPS) is 17.7. The Bertz CT molecular complexity index is 1010. The van der Waals surface area contributed by atoms with E-state index in [9.17, 15) is 14.4 Å². The maximum Gasteiger partial charge on any atom is 0.348 e. The molecule has 1 aliphatic carbocycles. The summed E-state index contributed by atoms with van der Waals surface area (Å²) in [6, 6.07) is 6.80. The van der Waals surface area contributed by atoms with Crippen molar-refractivity contribution in [3.8, 4) is 0 Å². The lowest BCUT2D eigenvalue weighted by Crippen LogP contribution is -2.31. The molecule has 1 unspecified atom stereocenters. The van der Waals surface area contributed by atoms with E-state index in [0.29, 0.717) is 22.8 Å². The van der Waals surface area contributed by atoms with Gasteiger partial charge in [0.2, 0.25) is 5.91 Å². The van der Waals surface area contributed by atoms with E-state index in [1.165, 1.54) is 18.7 Å². The molecule has 2 heterocycles. The Hall–Kier alpha value is -2.45. The number of hydrogen-bond donors (Lipinski definition) is 1. The Labute approximate surface area is 179 Å². The van der Waals surface area contributed by atoms with Crippen molar-refractivity contribution >= 4 is 29.1 Å². The lowest BCUT2D eigenvalue weighted by Gasteiger charge is -2.17. The van der Waals surface area contributed by atoms with Crippen LogP contribution in [-0.4, -0.2) is 39.7 Å². The van der Waals surface area contributed by atoms with E-state index in [-0.39, 0.29) is 29.2 Å². The monoisotopic (exact) mass is 427 g/mol. The van der Waals surface area contributed by atoms with E-state index < -0.39 is 0 Å². The van der Waals surface area contributed by atoms with Crippen molar-refractivity contribution in [2.75, 3.05) is 17.7 Å². The minimum absolute atomic E-state index is 0.0161. The van der Waals surface area contributed by atoms with E-state index >= 15 is 0 Å². The summed E-state index contributed by atoms with van der Waals surface area (Å²) in [6.45, 7) is 2.83. The number of hydrogen-bond acceptors (Lipinski definition) is 6. The average molecular weight is 428 g/mol. The van der Waals surface area contributed by atoms with Crippen LogP contribution in [0.1, 0.15) is 47.8 Å². The van der Waals surface area contributed by atoms with Gasteiger partial charge in [0.05, 0.1) is 18.4 Å². The van der Waals surface area contributed by atoms with Crippen LogP contribution in [-0.2, 0) is 28.9 Å². The molecule has 0 radical (unpaired) electrons. The van der Waals surface area contributed by atoms with Gasteiger partial charge < -0.3 is 10.1 Å². The van der Waals surface area contributed by atoms with Gasteiger partial charge in [-0.2, -0.15) is 4.98 Å². The van der Waals surface area contributed by atoms with E-state index in [1.807, 2.05) is 0 Å². The number of Topliss-reactive ketones (excluding diaryl/α,β-unsaturated/α-hetero) is 1. The van der Waals surface area contributed by atoms with Crippen LogP contribution in [0.4, 0.5) is 5.69 Å². The van der Waals surface area contributed by atoms with Gasteiger partial charge in [-0.1, -0.05) is 11.8 Å². The second-order valence-electron chi connectivity index (χ2n) is 7.69. The number of aromatic nitrogens is 2. The molecule has 158 valence electrons. The zero-order valence-electron chi connectivity index (χ0n) is 17.0. The fraction of sp³-hybridized carbons (Fsp3) is 0.455. The molecule has 1 aromatic heterocycles. The maximum atomic E-state index is 12.7. The molecule has 1 aliphatic heterocycles. The van der Waals surface area contributed by atoms with E-state index in [4.69, 9.17) is 4.74 Å². The topological polar surface area (TPSA) is 90.3 Å². The molecule has 4 rings (SSSR count). The number of ether oxygens (including phenoxy) is 1. The van der Waals surface area contributed by atoms with Crippen LogP contribution < -0.4 is 11.0 Å². The summed E-state index contributed by atoms with van der Waals surface area (Å²) in [5.41, 5.74) is 3.12. The summed E-state index contributed by atoms with van der Waals surface area (Å²) in [7, 11) is 0. The van der Waals surface area contributed by atoms with Gasteiger partial charge in [0.15, 0.2) is 5.78 Å². The first-order valence-corrected chi connectivity index (χ1v) is 11.3. The van der Waals surface area contributed by atoms with E-state index in [1.54, 1.807) is 28.8 Å².